The Morgan fingerprint density at radius 3 is 2.46 bits per heavy atom. The predicted molar refractivity (Wildman–Crippen MR) is 103 cm³/mol. The van der Waals surface area contributed by atoms with Gasteiger partial charge in [-0.15, -0.1) is 11.6 Å². The summed E-state index contributed by atoms with van der Waals surface area (Å²) in [5.41, 5.74) is 4.02. The Morgan fingerprint density at radius 2 is 1.82 bits per heavy atom. The van der Waals surface area contributed by atoms with Crippen LogP contribution in [0.4, 0.5) is 13.2 Å². The fourth-order valence-electron chi connectivity index (χ4n) is 3.68. The number of rotatable bonds is 6. The molecule has 2 aromatic rings. The molecular weight excluding hydrogens is 389 g/mol. The Labute approximate surface area is 167 Å². The number of esters is 1. The quantitative estimate of drug-likeness (QED) is 0.422. The third-order valence-electron chi connectivity index (χ3n) is 5.57. The van der Waals surface area contributed by atoms with Gasteiger partial charge < -0.3 is 4.74 Å². The molecule has 1 aliphatic rings. The van der Waals surface area contributed by atoms with E-state index in [-0.39, 0.29) is 24.9 Å². The van der Waals surface area contributed by atoms with Crippen LogP contribution in [0.3, 0.4) is 0 Å². The molecule has 0 bridgehead atoms. The second kappa shape index (κ2) is 8.16. The normalized spacial score (nSPS) is 22.6. The average Bonchev–Trinajstić information content (AvgIpc) is 3.29. The van der Waals surface area contributed by atoms with Gasteiger partial charge in [0, 0.05) is 0 Å². The van der Waals surface area contributed by atoms with Crippen molar-refractivity contribution in [3.63, 3.8) is 0 Å². The van der Waals surface area contributed by atoms with Crippen molar-refractivity contribution in [2.75, 3.05) is 0 Å². The summed E-state index contributed by atoms with van der Waals surface area (Å²) in [5, 5.41) is -1.93. The lowest BCUT2D eigenvalue weighted by Crippen LogP contribution is -2.24. The Balaban J connectivity index is 1.61. The molecule has 3 rings (SSSR count). The first-order chi connectivity index (χ1) is 13.2. The van der Waals surface area contributed by atoms with Gasteiger partial charge in [0.2, 0.25) is 0 Å². The molecule has 1 aliphatic carbocycles. The van der Waals surface area contributed by atoms with E-state index in [1.807, 2.05) is 55.5 Å². The summed E-state index contributed by atoms with van der Waals surface area (Å²) in [5.74, 6) is -1.49. The predicted octanol–water partition coefficient (Wildman–Crippen LogP) is 6.15. The summed E-state index contributed by atoms with van der Waals surface area (Å²) in [7, 11) is 0. The van der Waals surface area contributed by atoms with Crippen molar-refractivity contribution in [2.24, 2.45) is 17.8 Å². The van der Waals surface area contributed by atoms with E-state index in [0.717, 1.165) is 22.3 Å². The van der Waals surface area contributed by atoms with Crippen molar-refractivity contribution in [3.8, 4) is 11.1 Å². The van der Waals surface area contributed by atoms with Crippen molar-refractivity contribution >= 4 is 17.6 Å². The van der Waals surface area contributed by atoms with Crippen LogP contribution in [0.5, 0.6) is 0 Å². The van der Waals surface area contributed by atoms with Gasteiger partial charge in [-0.1, -0.05) is 55.5 Å². The largest absolute Gasteiger partial charge is 0.461 e. The molecule has 0 aliphatic heterocycles. The molecule has 0 N–H and O–H groups in total. The van der Waals surface area contributed by atoms with Crippen LogP contribution < -0.4 is 0 Å². The molecule has 0 saturated heterocycles. The minimum Gasteiger partial charge on any atom is -0.461 e. The van der Waals surface area contributed by atoms with E-state index >= 15 is 0 Å². The highest BCUT2D eigenvalue weighted by Crippen LogP contribution is 2.51. The summed E-state index contributed by atoms with van der Waals surface area (Å²) in [6.45, 7) is 3.83. The lowest BCUT2D eigenvalue weighted by molar-refractivity contribution is -0.148. The van der Waals surface area contributed by atoms with Gasteiger partial charge in [-0.2, -0.15) is 13.2 Å². The van der Waals surface area contributed by atoms with Gasteiger partial charge in [-0.05, 0) is 47.4 Å². The van der Waals surface area contributed by atoms with Crippen LogP contribution in [0.1, 0.15) is 24.5 Å². The van der Waals surface area contributed by atoms with Crippen LogP contribution in [-0.2, 0) is 16.1 Å². The molecule has 28 heavy (non-hydrogen) atoms. The molecule has 0 aromatic heterocycles. The molecule has 0 heterocycles. The number of hydrogen-bond donors (Lipinski definition) is 0. The second-order valence-electron chi connectivity index (χ2n) is 7.36. The van der Waals surface area contributed by atoms with Crippen molar-refractivity contribution in [3.05, 3.63) is 59.7 Å². The maximum atomic E-state index is 12.6. The first kappa shape index (κ1) is 20.7. The molecular formula is C22H22ClF3O2. The summed E-state index contributed by atoms with van der Waals surface area (Å²) in [4.78, 5) is 12.4. The summed E-state index contributed by atoms with van der Waals surface area (Å²) < 4.78 is 43.3. The zero-order valence-electron chi connectivity index (χ0n) is 15.7. The first-order valence-electron chi connectivity index (χ1n) is 9.21. The molecule has 2 aromatic carbocycles. The number of alkyl halides is 4. The Kier molecular flexibility index (Phi) is 6.04. The Bertz CT molecular complexity index is 835. The number of carbonyl (C=O) groups excluding carboxylic acids is 1. The van der Waals surface area contributed by atoms with Crippen molar-refractivity contribution in [1.29, 1.82) is 0 Å². The van der Waals surface area contributed by atoms with Crippen LogP contribution >= 0.6 is 11.6 Å². The minimum absolute atomic E-state index is 0.102. The molecule has 150 valence electrons. The minimum atomic E-state index is -4.45. The van der Waals surface area contributed by atoms with Crippen molar-refractivity contribution < 1.29 is 22.7 Å². The highest BCUT2D eigenvalue weighted by molar-refractivity contribution is 6.21. The third-order valence-corrected chi connectivity index (χ3v) is 5.99. The maximum absolute atomic E-state index is 12.6. The SMILES string of the molecule is Cc1c(COC(=O)[C@H]2C(C)[C@H]2CC(Cl)C(F)(F)F)cccc1-c1ccccc1. The number of ether oxygens (including phenoxy) is 1. The number of hydrogen-bond acceptors (Lipinski definition) is 2. The van der Waals surface area contributed by atoms with E-state index in [1.165, 1.54) is 0 Å². The number of carbonyl (C=O) groups is 1. The van der Waals surface area contributed by atoms with Crippen LogP contribution in [0.2, 0.25) is 0 Å². The summed E-state index contributed by atoms with van der Waals surface area (Å²) in [6, 6.07) is 15.7. The fourth-order valence-corrected chi connectivity index (χ4v) is 3.89. The van der Waals surface area contributed by atoms with E-state index in [1.54, 1.807) is 6.92 Å². The van der Waals surface area contributed by atoms with Gasteiger partial charge in [0.15, 0.2) is 0 Å². The highest BCUT2D eigenvalue weighted by atomic mass is 35.5. The van der Waals surface area contributed by atoms with Crippen LogP contribution in [-0.4, -0.2) is 17.5 Å². The number of benzene rings is 2. The smallest absolute Gasteiger partial charge is 0.404 e. The Hall–Kier alpha value is -2.01. The molecule has 0 amide bonds. The lowest BCUT2D eigenvalue weighted by atomic mass is 9.97. The van der Waals surface area contributed by atoms with Crippen molar-refractivity contribution in [1.82, 2.24) is 0 Å². The van der Waals surface area contributed by atoms with Crippen molar-refractivity contribution in [2.45, 2.75) is 38.4 Å². The van der Waals surface area contributed by atoms with E-state index in [2.05, 4.69) is 0 Å². The maximum Gasteiger partial charge on any atom is 0.404 e. The van der Waals surface area contributed by atoms with Gasteiger partial charge in [0.05, 0.1) is 5.92 Å². The lowest BCUT2D eigenvalue weighted by Gasteiger charge is -2.13. The fraction of sp³-hybridized carbons (Fsp3) is 0.409. The van der Waals surface area contributed by atoms with Gasteiger partial charge in [-0.25, -0.2) is 0 Å². The number of halogens is 4. The molecule has 6 heteroatoms. The molecule has 4 atom stereocenters. The zero-order valence-corrected chi connectivity index (χ0v) is 16.4. The van der Waals surface area contributed by atoms with E-state index in [9.17, 15) is 18.0 Å². The van der Waals surface area contributed by atoms with E-state index in [0.29, 0.717) is 0 Å². The molecule has 1 saturated carbocycles. The zero-order chi connectivity index (χ0) is 20.5. The highest BCUT2D eigenvalue weighted by Gasteiger charge is 2.55. The third kappa shape index (κ3) is 4.52. The van der Waals surface area contributed by atoms with E-state index in [4.69, 9.17) is 16.3 Å². The molecule has 0 radical (unpaired) electrons. The van der Waals surface area contributed by atoms with Crippen LogP contribution in [0, 0.1) is 24.7 Å². The molecule has 0 spiro atoms. The summed E-state index contributed by atoms with van der Waals surface area (Å²) in [6.07, 6.45) is -4.71. The molecule has 1 fully saturated rings. The van der Waals surface area contributed by atoms with Gasteiger partial charge >= 0.3 is 12.1 Å². The average molecular weight is 411 g/mol. The Morgan fingerprint density at radius 1 is 1.14 bits per heavy atom. The van der Waals surface area contributed by atoms with Gasteiger partial charge in [-0.3, -0.25) is 4.79 Å². The molecule has 2 nitrogen and oxygen atoms in total. The summed E-state index contributed by atoms with van der Waals surface area (Å²) >= 11 is 5.42. The van der Waals surface area contributed by atoms with Crippen LogP contribution in [0.25, 0.3) is 11.1 Å². The monoisotopic (exact) mass is 410 g/mol. The van der Waals surface area contributed by atoms with Crippen LogP contribution in [0.15, 0.2) is 48.5 Å². The van der Waals surface area contributed by atoms with Gasteiger partial charge in [0.1, 0.15) is 12.0 Å². The topological polar surface area (TPSA) is 26.3 Å². The second-order valence-corrected chi connectivity index (χ2v) is 7.88. The first-order valence-corrected chi connectivity index (χ1v) is 9.65. The van der Waals surface area contributed by atoms with Gasteiger partial charge in [0.25, 0.3) is 0 Å². The molecule has 2 unspecified atom stereocenters. The standard InChI is InChI=1S/C22H22ClF3O2/c1-13-16(9-6-10-17(13)15-7-4-3-5-8-15)12-28-21(27)20-14(2)18(20)11-19(23)22(24,25)26/h3-10,14,18-20H,11-12H2,1-2H3/t14?,18-,19?,20+/m1/s1. The van der Waals surface area contributed by atoms with E-state index < -0.39 is 23.4 Å².